The third-order valence-corrected chi connectivity index (χ3v) is 4.51. The zero-order valence-electron chi connectivity index (χ0n) is 21.1. The average molecular weight is 402 g/mol. The number of carbonyl (C=O) groups excluding carboxylic acids is 1. The fourth-order valence-electron chi connectivity index (χ4n) is 2.46. The third kappa shape index (κ3) is 6.18. The normalized spacial score (nSPS) is 16.6. The minimum Gasteiger partial charge on any atom is -0.388 e. The molecule has 4 N–H and O–H groups in total. The number of thiazole rings is 1. The molecule has 0 bridgehead atoms. The molecule has 0 saturated carbocycles. The van der Waals surface area contributed by atoms with Crippen LogP contribution < -0.4 is 11.1 Å². The van der Waals surface area contributed by atoms with E-state index < -0.39 is 37.6 Å². The quantitative estimate of drug-likeness (QED) is 0.497. The Hall–Kier alpha value is -2.70. The van der Waals surface area contributed by atoms with E-state index in [2.05, 4.69) is 10.3 Å². The molecule has 2 aromatic carbocycles. The third-order valence-electron chi connectivity index (χ3n) is 3.84. The maximum absolute atomic E-state index is 12.4. The highest BCUT2D eigenvalue weighted by atomic mass is 32.1. The predicted molar refractivity (Wildman–Crippen MR) is 114 cm³/mol. The zero-order chi connectivity index (χ0) is 25.1. The van der Waals surface area contributed by atoms with Gasteiger partial charge in [-0.2, -0.15) is 0 Å². The number of aryl methyl sites for hydroxylation is 1. The molecule has 1 amide bonds. The summed E-state index contributed by atoms with van der Waals surface area (Å²) in [4.78, 5) is 16.2. The van der Waals surface area contributed by atoms with Crippen LogP contribution in [0.25, 0.3) is 0 Å². The summed E-state index contributed by atoms with van der Waals surface area (Å²) in [7, 11) is 0. The van der Waals surface area contributed by atoms with Crippen molar-refractivity contribution in [2.75, 3.05) is 11.1 Å². The van der Waals surface area contributed by atoms with Crippen LogP contribution in [0.1, 0.15) is 50.3 Å². The van der Waals surface area contributed by atoms with E-state index in [1.807, 2.05) is 0 Å². The lowest BCUT2D eigenvalue weighted by atomic mass is 10.0. The van der Waals surface area contributed by atoms with E-state index in [9.17, 15) is 9.90 Å². The molecular formula is C22H25N3O2S. The van der Waals surface area contributed by atoms with Crippen molar-refractivity contribution in [2.45, 2.75) is 38.1 Å². The number of nitrogens with zero attached hydrogens (tertiary/aromatic N) is 1. The van der Waals surface area contributed by atoms with Crippen molar-refractivity contribution in [3.8, 4) is 0 Å². The van der Waals surface area contributed by atoms with Gasteiger partial charge in [0, 0.05) is 19.3 Å². The van der Waals surface area contributed by atoms with E-state index in [0.29, 0.717) is 16.8 Å². The first kappa shape index (κ1) is 13.5. The molecular weight excluding hydrogens is 370 g/mol. The lowest BCUT2D eigenvalue weighted by molar-refractivity contribution is -0.115. The average Bonchev–Trinajstić information content (AvgIpc) is 3.21. The number of aliphatic hydroxyl groups is 1. The Kier molecular flexibility index (Phi) is 4.82. The van der Waals surface area contributed by atoms with E-state index in [0.717, 1.165) is 11.3 Å². The van der Waals surface area contributed by atoms with Crippen LogP contribution in [0, 0.1) is 0 Å². The summed E-state index contributed by atoms with van der Waals surface area (Å²) in [5, 5.41) is 14.4. The molecule has 0 spiro atoms. The standard InChI is InChI=1S/C22H25N3O2S/c23-22-25-19(15-28-22)14-21(27)24-18-12-10-16(11-13-18)6-4-5-9-20(26)17-7-2-1-3-8-17/h1-3,7-8,10-13,15,20,26H,4-6,9,14H2,(H2,23,25)(H,24,27)/t20-/m0/s1/i4D2,9D2,14D2. The summed E-state index contributed by atoms with van der Waals surface area (Å²) in [6.45, 7) is 0. The summed E-state index contributed by atoms with van der Waals surface area (Å²) in [6, 6.07) is 14.5. The van der Waals surface area contributed by atoms with Crippen molar-refractivity contribution in [2.24, 2.45) is 0 Å². The van der Waals surface area contributed by atoms with E-state index in [-0.39, 0.29) is 17.2 Å². The second-order valence-corrected chi connectivity index (χ2v) is 6.86. The van der Waals surface area contributed by atoms with Crippen LogP contribution in [0.3, 0.4) is 0 Å². The number of nitrogens with one attached hydrogen (secondary N) is 1. The van der Waals surface area contributed by atoms with Crippen LogP contribution in [0.2, 0.25) is 0 Å². The monoisotopic (exact) mass is 401 g/mol. The Morgan fingerprint density at radius 3 is 2.64 bits per heavy atom. The lowest BCUT2D eigenvalue weighted by Crippen LogP contribution is -2.14. The number of carbonyl (C=O) groups is 1. The Balaban J connectivity index is 1.63. The fraction of sp³-hybridized carbons (Fsp3) is 0.273. The van der Waals surface area contributed by atoms with E-state index in [4.69, 9.17) is 14.0 Å². The minimum atomic E-state index is -2.38. The van der Waals surface area contributed by atoms with Crippen LogP contribution in [0.15, 0.2) is 60.0 Å². The zero-order valence-corrected chi connectivity index (χ0v) is 15.9. The van der Waals surface area contributed by atoms with Gasteiger partial charge in [0.15, 0.2) is 5.13 Å². The molecule has 0 unspecified atom stereocenters. The summed E-state index contributed by atoms with van der Waals surface area (Å²) in [5.74, 6) is -0.913. The number of hydrogen-bond donors (Lipinski definition) is 3. The minimum absolute atomic E-state index is 0.0794. The topological polar surface area (TPSA) is 88.2 Å². The summed E-state index contributed by atoms with van der Waals surface area (Å²) in [6.07, 6.45) is -8.62. The molecule has 0 aliphatic carbocycles. The largest absolute Gasteiger partial charge is 0.388 e. The molecule has 5 nitrogen and oxygen atoms in total. The van der Waals surface area contributed by atoms with Crippen molar-refractivity contribution >= 4 is 28.1 Å². The number of benzene rings is 2. The van der Waals surface area contributed by atoms with Crippen molar-refractivity contribution in [3.63, 3.8) is 0 Å². The van der Waals surface area contributed by atoms with E-state index in [1.165, 1.54) is 17.5 Å². The molecule has 146 valence electrons. The highest BCUT2D eigenvalue weighted by Gasteiger charge is 2.08. The van der Waals surface area contributed by atoms with Gasteiger partial charge in [-0.1, -0.05) is 48.9 Å². The molecule has 6 heteroatoms. The highest BCUT2D eigenvalue weighted by molar-refractivity contribution is 7.13. The van der Waals surface area contributed by atoms with Gasteiger partial charge in [0.1, 0.15) is 0 Å². The summed E-state index contributed by atoms with van der Waals surface area (Å²) >= 11 is 1.04. The van der Waals surface area contributed by atoms with E-state index in [1.54, 1.807) is 42.5 Å². The van der Waals surface area contributed by atoms with Crippen molar-refractivity contribution in [3.05, 3.63) is 76.8 Å². The Labute approximate surface area is 177 Å². The maximum atomic E-state index is 12.4. The number of aromatic nitrogens is 1. The second-order valence-electron chi connectivity index (χ2n) is 5.97. The number of hydrogen-bond acceptors (Lipinski definition) is 5. The molecule has 0 radical (unpaired) electrons. The summed E-state index contributed by atoms with van der Waals surface area (Å²) < 4.78 is 49.1. The van der Waals surface area contributed by atoms with Crippen LogP contribution in [-0.2, 0) is 17.6 Å². The first-order valence-electron chi connectivity index (χ1n) is 11.7. The molecule has 1 atom stereocenters. The number of nitrogens with two attached hydrogens (primary N) is 1. The predicted octanol–water partition coefficient (Wildman–Crippen LogP) is 4.35. The van der Waals surface area contributed by atoms with Crippen LogP contribution in [0.5, 0.6) is 0 Å². The maximum Gasteiger partial charge on any atom is 0.230 e. The van der Waals surface area contributed by atoms with Gasteiger partial charge in [0.25, 0.3) is 0 Å². The summed E-state index contributed by atoms with van der Waals surface area (Å²) in [5.41, 5.74) is 6.69. The SMILES string of the molecule is [2H]C([2H])(Cc1ccc(NC(=O)C([2H])([2H])c2csc(N)n2)cc1)CC([2H])([2H])[C@H](O)c1ccccc1. The van der Waals surface area contributed by atoms with Crippen molar-refractivity contribution in [1.29, 1.82) is 0 Å². The second kappa shape index (κ2) is 10.0. The van der Waals surface area contributed by atoms with Gasteiger partial charge in [0.2, 0.25) is 5.91 Å². The first-order valence-corrected chi connectivity index (χ1v) is 9.53. The van der Waals surface area contributed by atoms with Gasteiger partial charge in [-0.15, -0.1) is 11.3 Å². The number of rotatable bonds is 9. The number of aliphatic hydroxyl groups excluding tert-OH is 1. The molecule has 3 rings (SSSR count). The van der Waals surface area contributed by atoms with Gasteiger partial charge in [-0.05, 0) is 42.4 Å². The lowest BCUT2D eigenvalue weighted by Gasteiger charge is -2.10. The molecule has 1 heterocycles. The highest BCUT2D eigenvalue weighted by Crippen LogP contribution is 2.20. The molecule has 1 aromatic heterocycles. The van der Waals surface area contributed by atoms with Gasteiger partial charge in [-0.25, -0.2) is 4.98 Å². The molecule has 0 aliphatic rings. The van der Waals surface area contributed by atoms with Gasteiger partial charge < -0.3 is 16.2 Å². The first-order chi connectivity index (χ1) is 15.8. The Morgan fingerprint density at radius 2 is 1.96 bits per heavy atom. The molecule has 28 heavy (non-hydrogen) atoms. The molecule has 0 aliphatic heterocycles. The molecule has 0 saturated heterocycles. The van der Waals surface area contributed by atoms with Gasteiger partial charge >= 0.3 is 0 Å². The molecule has 3 aromatic rings. The number of anilines is 2. The molecule has 0 fully saturated rings. The number of nitrogen functional groups attached to an aromatic ring is 1. The van der Waals surface area contributed by atoms with Crippen LogP contribution in [-0.4, -0.2) is 16.0 Å². The Bertz CT molecular complexity index is 1120. The van der Waals surface area contributed by atoms with Gasteiger partial charge in [0.05, 0.1) is 18.2 Å². The van der Waals surface area contributed by atoms with Crippen LogP contribution >= 0.6 is 11.3 Å². The Morgan fingerprint density at radius 1 is 1.21 bits per heavy atom. The van der Waals surface area contributed by atoms with E-state index >= 15 is 0 Å². The van der Waals surface area contributed by atoms with Crippen LogP contribution in [0.4, 0.5) is 10.8 Å². The smallest absolute Gasteiger partial charge is 0.230 e. The van der Waals surface area contributed by atoms with Crippen molar-refractivity contribution in [1.82, 2.24) is 4.98 Å². The van der Waals surface area contributed by atoms with Crippen molar-refractivity contribution < 1.29 is 18.1 Å². The fourth-order valence-corrected chi connectivity index (χ4v) is 2.95. The van der Waals surface area contributed by atoms with Gasteiger partial charge in [-0.3, -0.25) is 4.79 Å². The number of amides is 1.